The van der Waals surface area contributed by atoms with Crippen molar-refractivity contribution in [2.75, 3.05) is 13.7 Å². The van der Waals surface area contributed by atoms with E-state index in [1.807, 2.05) is 0 Å². The Morgan fingerprint density at radius 3 is 2.50 bits per heavy atom. The number of rotatable bonds is 11. The molecule has 226 valence electrons. The maximum Gasteiger partial charge on any atom is 0.307 e. The van der Waals surface area contributed by atoms with Crippen molar-refractivity contribution in [1.29, 1.82) is 0 Å². The topological polar surface area (TPSA) is 185 Å². The molecule has 5 aromatic rings. The molecular weight excluding hydrogens is 592 g/mol. The Morgan fingerprint density at radius 2 is 1.84 bits per heavy atom. The highest BCUT2D eigenvalue weighted by atomic mass is 32.2. The Morgan fingerprint density at radius 1 is 1.11 bits per heavy atom. The van der Waals surface area contributed by atoms with Crippen molar-refractivity contribution >= 4 is 40.1 Å². The number of amides is 1. The molecule has 0 aliphatic carbocycles. The lowest BCUT2D eigenvalue weighted by Crippen LogP contribution is -2.26. The molecule has 0 spiro atoms. The number of methoxy groups -OCH3 is 1. The second-order valence-electron chi connectivity index (χ2n) is 9.43. The van der Waals surface area contributed by atoms with Gasteiger partial charge in [-0.15, -0.1) is 10.2 Å². The zero-order valence-electron chi connectivity index (χ0n) is 23.8. The number of non-ortho nitro benzene ring substituents is 1. The van der Waals surface area contributed by atoms with E-state index in [0.717, 1.165) is 0 Å². The first-order valence-corrected chi connectivity index (χ1v) is 14.2. The number of nitrogens with zero attached hydrogens (tertiary/aromatic N) is 5. The standard InChI is InChI=1S/C29H26N6O8S/c1-16-23(15-44-29-32-31-17(2)42-29)28(34(33-16)18-8-10-19(11-9-18)35(39)40)43-24-14-22(27(38)30-13-12-25(36)41-3)26(37)21-7-5-4-6-20(21)24/h4-11,14,37H,12-13,15H2,1-3H3,(H,30,38). The molecule has 0 atom stereocenters. The SMILES string of the molecule is COC(=O)CCNC(=O)c1cc(Oc2c(CSc3nnc(C)o3)c(C)nn2-c2ccc([N+](=O)[O-])cc2)c2ccccc2c1O. The highest BCUT2D eigenvalue weighted by Gasteiger charge is 2.24. The number of benzene rings is 3. The summed E-state index contributed by atoms with van der Waals surface area (Å²) >= 11 is 1.27. The number of esters is 1. The average molecular weight is 619 g/mol. The predicted octanol–water partition coefficient (Wildman–Crippen LogP) is 5.02. The maximum absolute atomic E-state index is 13.1. The van der Waals surface area contributed by atoms with Crippen molar-refractivity contribution in [1.82, 2.24) is 25.3 Å². The lowest BCUT2D eigenvalue weighted by molar-refractivity contribution is -0.384. The highest BCUT2D eigenvalue weighted by Crippen LogP contribution is 2.41. The molecule has 0 aliphatic rings. The summed E-state index contributed by atoms with van der Waals surface area (Å²) in [5.74, 6) is -0.140. The van der Waals surface area contributed by atoms with Crippen LogP contribution in [-0.4, -0.2) is 55.5 Å². The Labute approximate surface area is 254 Å². The number of carbonyl (C=O) groups excluding carboxylic acids is 2. The van der Waals surface area contributed by atoms with E-state index in [4.69, 9.17) is 9.15 Å². The number of aromatic nitrogens is 4. The largest absolute Gasteiger partial charge is 0.506 e. The van der Waals surface area contributed by atoms with Crippen LogP contribution in [0.25, 0.3) is 16.5 Å². The average Bonchev–Trinajstić information content (AvgIpc) is 3.58. The molecule has 1 amide bonds. The van der Waals surface area contributed by atoms with Gasteiger partial charge in [0.05, 0.1) is 35.4 Å². The zero-order chi connectivity index (χ0) is 31.4. The van der Waals surface area contributed by atoms with Gasteiger partial charge < -0.3 is 24.3 Å². The van der Waals surface area contributed by atoms with Crippen LogP contribution in [0.2, 0.25) is 0 Å². The molecule has 15 heteroatoms. The monoisotopic (exact) mass is 618 g/mol. The van der Waals surface area contributed by atoms with Gasteiger partial charge in [0.15, 0.2) is 0 Å². The Kier molecular flexibility index (Phi) is 8.76. The van der Waals surface area contributed by atoms with Gasteiger partial charge in [0.2, 0.25) is 11.8 Å². The van der Waals surface area contributed by atoms with Crippen LogP contribution in [-0.2, 0) is 15.3 Å². The minimum Gasteiger partial charge on any atom is -0.506 e. The maximum atomic E-state index is 13.1. The van der Waals surface area contributed by atoms with Crippen molar-refractivity contribution in [3.8, 4) is 23.1 Å². The van der Waals surface area contributed by atoms with Crippen LogP contribution >= 0.6 is 11.8 Å². The van der Waals surface area contributed by atoms with E-state index < -0.39 is 16.8 Å². The third kappa shape index (κ3) is 6.32. The first-order valence-electron chi connectivity index (χ1n) is 13.2. The van der Waals surface area contributed by atoms with Gasteiger partial charge >= 0.3 is 5.97 Å². The summed E-state index contributed by atoms with van der Waals surface area (Å²) < 4.78 is 18.2. The van der Waals surface area contributed by atoms with Crippen molar-refractivity contribution in [3.05, 3.63) is 87.4 Å². The van der Waals surface area contributed by atoms with Gasteiger partial charge in [0.25, 0.3) is 16.8 Å². The number of phenolic OH excluding ortho intramolecular Hbond substituents is 1. The summed E-state index contributed by atoms with van der Waals surface area (Å²) in [6.45, 7) is 3.47. The van der Waals surface area contributed by atoms with Crippen molar-refractivity contribution in [2.24, 2.45) is 0 Å². The molecule has 2 aromatic heterocycles. The molecule has 0 fully saturated rings. The second-order valence-corrected chi connectivity index (χ2v) is 10.4. The molecule has 0 saturated heterocycles. The molecule has 0 aliphatic heterocycles. The van der Waals surface area contributed by atoms with E-state index >= 15 is 0 Å². The second kappa shape index (κ2) is 12.8. The van der Waals surface area contributed by atoms with E-state index in [1.165, 1.54) is 41.8 Å². The van der Waals surface area contributed by atoms with Gasteiger partial charge in [-0.2, -0.15) is 5.10 Å². The van der Waals surface area contributed by atoms with Crippen molar-refractivity contribution < 1.29 is 33.5 Å². The molecule has 0 radical (unpaired) electrons. The summed E-state index contributed by atoms with van der Waals surface area (Å²) in [6, 6.07) is 14.1. The quantitative estimate of drug-likeness (QED) is 0.0873. The van der Waals surface area contributed by atoms with Crippen LogP contribution in [0, 0.1) is 24.0 Å². The summed E-state index contributed by atoms with van der Waals surface area (Å²) in [5, 5.41) is 38.7. The summed E-state index contributed by atoms with van der Waals surface area (Å²) in [4.78, 5) is 35.4. The number of fused-ring (bicyclic) bond motifs is 1. The molecule has 5 rings (SSSR count). The first-order chi connectivity index (χ1) is 21.2. The number of aromatic hydroxyl groups is 1. The van der Waals surface area contributed by atoms with E-state index in [-0.39, 0.29) is 41.6 Å². The zero-order valence-corrected chi connectivity index (χ0v) is 24.6. The smallest absolute Gasteiger partial charge is 0.307 e. The molecular formula is C29H26N6O8S. The lowest BCUT2D eigenvalue weighted by Gasteiger charge is -2.16. The van der Waals surface area contributed by atoms with Crippen LogP contribution in [0.5, 0.6) is 17.4 Å². The third-order valence-electron chi connectivity index (χ3n) is 6.56. The minimum atomic E-state index is -0.621. The van der Waals surface area contributed by atoms with Crippen LogP contribution in [0.4, 0.5) is 5.69 Å². The van der Waals surface area contributed by atoms with Gasteiger partial charge in [0, 0.05) is 47.7 Å². The number of phenols is 1. The number of carbonyl (C=O) groups is 2. The summed E-state index contributed by atoms with van der Waals surface area (Å²) in [7, 11) is 1.25. The van der Waals surface area contributed by atoms with Gasteiger partial charge in [-0.25, -0.2) is 4.68 Å². The van der Waals surface area contributed by atoms with E-state index in [9.17, 15) is 24.8 Å². The van der Waals surface area contributed by atoms with E-state index in [1.54, 1.807) is 50.2 Å². The lowest BCUT2D eigenvalue weighted by atomic mass is 10.0. The summed E-state index contributed by atoms with van der Waals surface area (Å²) in [5.41, 5.74) is 1.59. The van der Waals surface area contributed by atoms with Crippen LogP contribution in [0.15, 0.2) is 64.2 Å². The number of ether oxygens (including phenoxy) is 2. The molecule has 2 heterocycles. The van der Waals surface area contributed by atoms with Gasteiger partial charge in [0.1, 0.15) is 11.5 Å². The van der Waals surface area contributed by atoms with Crippen LogP contribution in [0.1, 0.15) is 33.9 Å². The van der Waals surface area contributed by atoms with Crippen molar-refractivity contribution in [3.63, 3.8) is 0 Å². The number of aryl methyl sites for hydroxylation is 2. The fraction of sp³-hybridized carbons (Fsp3) is 0.207. The fourth-order valence-corrected chi connectivity index (χ4v) is 5.21. The molecule has 3 aromatic carbocycles. The molecule has 0 bridgehead atoms. The normalized spacial score (nSPS) is 11.0. The van der Waals surface area contributed by atoms with Gasteiger partial charge in [-0.1, -0.05) is 36.0 Å². The molecule has 0 saturated carbocycles. The number of hydrogen-bond donors (Lipinski definition) is 2. The molecule has 44 heavy (non-hydrogen) atoms. The molecule has 2 N–H and O–H groups in total. The van der Waals surface area contributed by atoms with E-state index in [0.29, 0.717) is 44.6 Å². The van der Waals surface area contributed by atoms with Gasteiger partial charge in [-0.3, -0.25) is 19.7 Å². The summed E-state index contributed by atoms with van der Waals surface area (Å²) in [6.07, 6.45) is -0.0474. The Balaban J connectivity index is 1.59. The Bertz CT molecular complexity index is 1870. The number of nitro benzene ring substituents is 1. The molecule has 0 unspecified atom stereocenters. The van der Waals surface area contributed by atoms with Crippen molar-refractivity contribution in [2.45, 2.75) is 31.2 Å². The highest BCUT2D eigenvalue weighted by molar-refractivity contribution is 7.98. The fourth-order valence-electron chi connectivity index (χ4n) is 4.33. The first kappa shape index (κ1) is 30.0. The number of hydrogen-bond acceptors (Lipinski definition) is 12. The number of thioether (sulfide) groups is 1. The van der Waals surface area contributed by atoms with Crippen LogP contribution < -0.4 is 10.1 Å². The number of nitrogens with one attached hydrogen (secondary N) is 1. The minimum absolute atomic E-state index is 0.00338. The Hall–Kier alpha value is -5.44. The third-order valence-corrected chi connectivity index (χ3v) is 7.41. The van der Waals surface area contributed by atoms with Crippen LogP contribution in [0.3, 0.4) is 0 Å². The van der Waals surface area contributed by atoms with Gasteiger partial charge in [-0.05, 0) is 25.1 Å². The van der Waals surface area contributed by atoms with E-state index in [2.05, 4.69) is 25.3 Å². The number of nitro groups is 1. The molecule has 14 nitrogen and oxygen atoms in total. The predicted molar refractivity (Wildman–Crippen MR) is 158 cm³/mol.